The summed E-state index contributed by atoms with van der Waals surface area (Å²) in [5.41, 5.74) is 1.50. The summed E-state index contributed by atoms with van der Waals surface area (Å²) < 4.78 is 9.90. The van der Waals surface area contributed by atoms with Crippen LogP contribution < -0.4 is 4.74 Å². The van der Waals surface area contributed by atoms with Crippen LogP contribution in [0.3, 0.4) is 0 Å². The largest absolute Gasteiger partial charge is 0.496 e. The smallest absolute Gasteiger partial charge is 0.306 e. The topological polar surface area (TPSA) is 52.6 Å². The van der Waals surface area contributed by atoms with Gasteiger partial charge in [-0.1, -0.05) is 0 Å². The molecular weight excluding hydrogens is 232 g/mol. The first kappa shape index (κ1) is 14.2. The van der Waals surface area contributed by atoms with Crippen molar-refractivity contribution in [1.29, 1.82) is 0 Å². The van der Waals surface area contributed by atoms with Crippen molar-refractivity contribution in [2.75, 3.05) is 13.7 Å². The minimum atomic E-state index is -0.337. The fraction of sp³-hybridized carbons (Fsp3) is 0.429. The number of methoxy groups -OCH3 is 1. The normalized spacial score (nSPS) is 9.94. The summed E-state index contributed by atoms with van der Waals surface area (Å²) in [6, 6.07) is 5.23. The van der Waals surface area contributed by atoms with E-state index in [9.17, 15) is 9.59 Å². The molecule has 0 unspecified atom stereocenters. The molecule has 0 aliphatic carbocycles. The average molecular weight is 250 g/mol. The lowest BCUT2D eigenvalue weighted by molar-refractivity contribution is -0.143. The third-order valence-corrected chi connectivity index (χ3v) is 2.58. The van der Waals surface area contributed by atoms with E-state index in [1.807, 2.05) is 6.92 Å². The molecule has 1 aromatic carbocycles. The van der Waals surface area contributed by atoms with E-state index in [2.05, 4.69) is 0 Å². The molecule has 0 fully saturated rings. The van der Waals surface area contributed by atoms with Crippen LogP contribution in [0.25, 0.3) is 0 Å². The number of carbonyl (C=O) groups is 2. The molecule has 0 amide bonds. The Hall–Kier alpha value is -1.84. The highest BCUT2D eigenvalue weighted by Gasteiger charge is 2.11. The Morgan fingerprint density at radius 3 is 2.50 bits per heavy atom. The maximum absolute atomic E-state index is 11.9. The molecule has 0 aliphatic heterocycles. The highest BCUT2D eigenvalue weighted by atomic mass is 16.5. The Balaban J connectivity index is 2.62. The third-order valence-electron chi connectivity index (χ3n) is 2.58. The van der Waals surface area contributed by atoms with Gasteiger partial charge in [0.2, 0.25) is 0 Å². The van der Waals surface area contributed by atoms with Gasteiger partial charge in [-0.25, -0.2) is 0 Å². The number of ketones is 1. The van der Waals surface area contributed by atoms with E-state index in [0.717, 1.165) is 11.3 Å². The van der Waals surface area contributed by atoms with Gasteiger partial charge in [0.05, 0.1) is 20.1 Å². The number of rotatable bonds is 6. The van der Waals surface area contributed by atoms with Gasteiger partial charge in [0, 0.05) is 12.0 Å². The fourth-order valence-corrected chi connectivity index (χ4v) is 1.64. The Labute approximate surface area is 107 Å². The number of hydrogen-bond acceptors (Lipinski definition) is 4. The van der Waals surface area contributed by atoms with E-state index >= 15 is 0 Å². The van der Waals surface area contributed by atoms with Crippen molar-refractivity contribution in [3.63, 3.8) is 0 Å². The van der Waals surface area contributed by atoms with E-state index in [4.69, 9.17) is 9.47 Å². The van der Waals surface area contributed by atoms with Crippen molar-refractivity contribution in [2.24, 2.45) is 0 Å². The highest BCUT2D eigenvalue weighted by Crippen LogP contribution is 2.19. The molecule has 0 heterocycles. The Kier molecular flexibility index (Phi) is 5.36. The van der Waals surface area contributed by atoms with Crippen LogP contribution in [0.5, 0.6) is 5.75 Å². The molecule has 1 aromatic rings. The Morgan fingerprint density at radius 2 is 1.94 bits per heavy atom. The van der Waals surface area contributed by atoms with Crippen molar-refractivity contribution >= 4 is 11.8 Å². The van der Waals surface area contributed by atoms with Crippen LogP contribution in [0.2, 0.25) is 0 Å². The predicted molar refractivity (Wildman–Crippen MR) is 67.9 cm³/mol. The molecule has 0 atom stereocenters. The van der Waals surface area contributed by atoms with Crippen LogP contribution in [0.1, 0.15) is 35.7 Å². The van der Waals surface area contributed by atoms with E-state index in [1.165, 1.54) is 0 Å². The van der Waals surface area contributed by atoms with Gasteiger partial charge in [-0.3, -0.25) is 9.59 Å². The molecular formula is C14H18O4. The highest BCUT2D eigenvalue weighted by molar-refractivity contribution is 5.97. The van der Waals surface area contributed by atoms with E-state index in [0.29, 0.717) is 12.2 Å². The van der Waals surface area contributed by atoms with Gasteiger partial charge < -0.3 is 9.47 Å². The van der Waals surface area contributed by atoms with E-state index < -0.39 is 0 Å². The maximum atomic E-state index is 11.9. The molecule has 0 aliphatic rings. The number of Topliss-reactive ketones (excluding diaryl/α,β-unsaturated/α-hetero) is 1. The van der Waals surface area contributed by atoms with Crippen molar-refractivity contribution in [1.82, 2.24) is 0 Å². The molecule has 0 spiro atoms. The zero-order chi connectivity index (χ0) is 13.5. The monoisotopic (exact) mass is 250 g/mol. The molecule has 18 heavy (non-hydrogen) atoms. The number of esters is 1. The second kappa shape index (κ2) is 6.79. The average Bonchev–Trinajstić information content (AvgIpc) is 2.36. The van der Waals surface area contributed by atoms with E-state index in [-0.39, 0.29) is 24.6 Å². The number of aryl methyl sites for hydroxylation is 1. The molecule has 0 saturated carbocycles. The summed E-state index contributed by atoms with van der Waals surface area (Å²) in [6.45, 7) is 3.96. The van der Waals surface area contributed by atoms with Crippen molar-refractivity contribution in [3.05, 3.63) is 29.3 Å². The minimum Gasteiger partial charge on any atom is -0.496 e. The number of carbonyl (C=O) groups excluding carboxylic acids is 2. The van der Waals surface area contributed by atoms with Crippen LogP contribution in [0.15, 0.2) is 18.2 Å². The van der Waals surface area contributed by atoms with Crippen LogP contribution in [0.4, 0.5) is 0 Å². The Bertz CT molecular complexity index is 437. The lowest BCUT2D eigenvalue weighted by Gasteiger charge is -2.06. The maximum Gasteiger partial charge on any atom is 0.306 e. The van der Waals surface area contributed by atoms with Crippen LogP contribution >= 0.6 is 0 Å². The summed E-state index contributed by atoms with van der Waals surface area (Å²) in [4.78, 5) is 23.0. The lowest BCUT2D eigenvalue weighted by Crippen LogP contribution is -2.08. The zero-order valence-electron chi connectivity index (χ0n) is 11.0. The van der Waals surface area contributed by atoms with Gasteiger partial charge in [-0.2, -0.15) is 0 Å². The minimum absolute atomic E-state index is 0.0613. The molecule has 4 heteroatoms. The first-order valence-corrected chi connectivity index (χ1v) is 5.92. The first-order chi connectivity index (χ1) is 8.58. The van der Waals surface area contributed by atoms with Gasteiger partial charge in [-0.05, 0) is 37.6 Å². The van der Waals surface area contributed by atoms with Crippen LogP contribution in [-0.4, -0.2) is 25.5 Å². The SMILES string of the molecule is CCOC(=O)CCC(=O)c1ccc(OC)c(C)c1. The summed E-state index contributed by atoms with van der Waals surface area (Å²) in [7, 11) is 1.59. The molecule has 1 rings (SSSR count). The molecule has 0 bridgehead atoms. The number of benzene rings is 1. The van der Waals surface area contributed by atoms with Gasteiger partial charge >= 0.3 is 5.97 Å². The summed E-state index contributed by atoms with van der Waals surface area (Å²) in [5.74, 6) is 0.349. The number of hydrogen-bond donors (Lipinski definition) is 0. The van der Waals surface area contributed by atoms with Gasteiger partial charge in [0.1, 0.15) is 5.75 Å². The summed E-state index contributed by atoms with van der Waals surface area (Å²) in [6.07, 6.45) is 0.294. The summed E-state index contributed by atoms with van der Waals surface area (Å²) >= 11 is 0. The summed E-state index contributed by atoms with van der Waals surface area (Å²) in [5, 5.41) is 0. The molecule has 0 radical (unpaired) electrons. The van der Waals surface area contributed by atoms with Crippen molar-refractivity contribution in [3.8, 4) is 5.75 Å². The standard InChI is InChI=1S/C14H18O4/c1-4-18-14(16)8-6-12(15)11-5-7-13(17-3)10(2)9-11/h5,7,9H,4,6,8H2,1-3H3. The van der Waals surface area contributed by atoms with Crippen molar-refractivity contribution in [2.45, 2.75) is 26.7 Å². The third kappa shape index (κ3) is 3.87. The molecule has 0 aromatic heterocycles. The second-order valence-electron chi connectivity index (χ2n) is 3.91. The van der Waals surface area contributed by atoms with Crippen LogP contribution in [0, 0.1) is 6.92 Å². The molecule has 0 N–H and O–H groups in total. The van der Waals surface area contributed by atoms with Gasteiger partial charge in [-0.15, -0.1) is 0 Å². The van der Waals surface area contributed by atoms with E-state index in [1.54, 1.807) is 32.2 Å². The van der Waals surface area contributed by atoms with Gasteiger partial charge in [0.25, 0.3) is 0 Å². The zero-order valence-corrected chi connectivity index (χ0v) is 11.0. The fourth-order valence-electron chi connectivity index (χ4n) is 1.64. The Morgan fingerprint density at radius 1 is 1.22 bits per heavy atom. The molecule has 98 valence electrons. The molecule has 0 saturated heterocycles. The van der Waals surface area contributed by atoms with Crippen molar-refractivity contribution < 1.29 is 19.1 Å². The number of ether oxygens (including phenoxy) is 2. The molecule has 4 nitrogen and oxygen atoms in total. The second-order valence-corrected chi connectivity index (χ2v) is 3.91. The first-order valence-electron chi connectivity index (χ1n) is 5.92. The van der Waals surface area contributed by atoms with Crippen LogP contribution in [-0.2, 0) is 9.53 Å². The van der Waals surface area contributed by atoms with Gasteiger partial charge in [0.15, 0.2) is 5.78 Å². The quantitative estimate of drug-likeness (QED) is 0.575. The predicted octanol–water partition coefficient (Wildman–Crippen LogP) is 2.53. The lowest BCUT2D eigenvalue weighted by atomic mass is 10.0.